The molecule has 0 saturated carbocycles. The first kappa shape index (κ1) is 9.29. The highest BCUT2D eigenvalue weighted by Crippen LogP contribution is 2.15. The van der Waals surface area contributed by atoms with Crippen LogP contribution in [0.3, 0.4) is 0 Å². The Morgan fingerprint density at radius 2 is 2.46 bits per heavy atom. The number of terminal acetylenes is 1. The summed E-state index contributed by atoms with van der Waals surface area (Å²) in [5.74, 6) is 2.40. The van der Waals surface area contributed by atoms with Crippen LogP contribution in [0.15, 0.2) is 12.3 Å². The summed E-state index contributed by atoms with van der Waals surface area (Å²) in [5.41, 5.74) is 6.08. The molecule has 0 atom stereocenters. The maximum Gasteiger partial charge on any atom is 0.287 e. The van der Waals surface area contributed by atoms with Crippen LogP contribution in [0.5, 0.6) is 0 Å². The molecule has 0 bridgehead atoms. The number of nitrogens with zero attached hydrogens (tertiary/aromatic N) is 2. The van der Waals surface area contributed by atoms with Crippen molar-refractivity contribution in [3.63, 3.8) is 0 Å². The molecule has 0 spiro atoms. The highest BCUT2D eigenvalue weighted by Gasteiger charge is 2.11. The van der Waals surface area contributed by atoms with Crippen molar-refractivity contribution in [1.29, 1.82) is 0 Å². The maximum absolute atomic E-state index is 10.4. The van der Waals surface area contributed by atoms with Crippen LogP contribution < -0.4 is 5.73 Å². The molecule has 1 aromatic heterocycles. The van der Waals surface area contributed by atoms with Gasteiger partial charge in [-0.2, -0.15) is 0 Å². The molecule has 0 unspecified atom stereocenters. The van der Waals surface area contributed by atoms with Gasteiger partial charge in [0.2, 0.25) is 0 Å². The van der Waals surface area contributed by atoms with Crippen LogP contribution >= 0.6 is 0 Å². The number of hydrogen-bond donors (Lipinski definition) is 1. The minimum Gasteiger partial charge on any atom is -0.332 e. The summed E-state index contributed by atoms with van der Waals surface area (Å²) in [6.45, 7) is 0.551. The lowest BCUT2D eigenvalue weighted by atomic mass is 10.4. The average Bonchev–Trinajstić information content (AvgIpc) is 2.48. The molecule has 0 fully saturated rings. The monoisotopic (exact) mass is 179 g/mol. The van der Waals surface area contributed by atoms with Gasteiger partial charge in [-0.1, -0.05) is 5.92 Å². The fraction of sp³-hybridized carbons (Fsp3) is 0.250. The van der Waals surface area contributed by atoms with Crippen molar-refractivity contribution in [1.82, 2.24) is 4.57 Å². The molecule has 1 rings (SSSR count). The molecule has 0 amide bonds. The Kier molecular flexibility index (Phi) is 2.67. The predicted octanol–water partition coefficient (Wildman–Crippen LogP) is 0.488. The van der Waals surface area contributed by atoms with Gasteiger partial charge in [0.25, 0.3) is 5.69 Å². The van der Waals surface area contributed by atoms with Crippen LogP contribution in [0, 0.1) is 22.5 Å². The van der Waals surface area contributed by atoms with Crippen molar-refractivity contribution >= 4 is 5.69 Å². The smallest absolute Gasteiger partial charge is 0.287 e. The number of rotatable bonds is 3. The summed E-state index contributed by atoms with van der Waals surface area (Å²) in [5, 5.41) is 10.4. The Morgan fingerprint density at radius 1 is 1.77 bits per heavy atom. The zero-order valence-electron chi connectivity index (χ0n) is 6.93. The Balaban J connectivity index is 3.05. The molecule has 0 saturated heterocycles. The first-order valence-corrected chi connectivity index (χ1v) is 3.66. The summed E-state index contributed by atoms with van der Waals surface area (Å²) in [6, 6.07) is 1.43. The lowest BCUT2D eigenvalue weighted by molar-refractivity contribution is -0.384. The predicted molar refractivity (Wildman–Crippen MR) is 47.8 cm³/mol. The first-order valence-electron chi connectivity index (χ1n) is 3.66. The van der Waals surface area contributed by atoms with Crippen molar-refractivity contribution in [3.05, 3.63) is 28.1 Å². The second-order valence-corrected chi connectivity index (χ2v) is 2.48. The summed E-state index contributed by atoms with van der Waals surface area (Å²) in [6.07, 6.45) is 6.48. The molecule has 1 aromatic rings. The SMILES string of the molecule is C#CCn1cc([N+](=O)[O-])cc1CN. The van der Waals surface area contributed by atoms with E-state index < -0.39 is 4.92 Å². The molecule has 1 heterocycles. The normalized spacial score (nSPS) is 9.54. The van der Waals surface area contributed by atoms with E-state index in [1.165, 1.54) is 12.3 Å². The van der Waals surface area contributed by atoms with Gasteiger partial charge in [-0.3, -0.25) is 10.1 Å². The minimum atomic E-state index is -0.466. The van der Waals surface area contributed by atoms with Gasteiger partial charge in [0.1, 0.15) is 0 Å². The molecule has 0 aliphatic heterocycles. The van der Waals surface area contributed by atoms with Gasteiger partial charge in [-0.05, 0) is 0 Å². The van der Waals surface area contributed by atoms with Crippen molar-refractivity contribution in [2.75, 3.05) is 0 Å². The quantitative estimate of drug-likeness (QED) is 0.417. The van der Waals surface area contributed by atoms with Crippen molar-refractivity contribution in [2.45, 2.75) is 13.1 Å². The molecule has 0 radical (unpaired) electrons. The highest BCUT2D eigenvalue weighted by atomic mass is 16.6. The fourth-order valence-electron chi connectivity index (χ4n) is 1.06. The van der Waals surface area contributed by atoms with Gasteiger partial charge in [-0.15, -0.1) is 6.42 Å². The molecular formula is C8H9N3O2. The van der Waals surface area contributed by atoms with Crippen molar-refractivity contribution < 1.29 is 4.92 Å². The Morgan fingerprint density at radius 3 is 2.92 bits per heavy atom. The molecule has 0 aliphatic carbocycles. The van der Waals surface area contributed by atoms with E-state index in [9.17, 15) is 10.1 Å². The van der Waals surface area contributed by atoms with E-state index >= 15 is 0 Å². The molecule has 2 N–H and O–H groups in total. The topological polar surface area (TPSA) is 74.1 Å². The van der Waals surface area contributed by atoms with Crippen molar-refractivity contribution in [2.24, 2.45) is 5.73 Å². The fourth-order valence-corrected chi connectivity index (χ4v) is 1.06. The number of nitro groups is 1. The van der Waals surface area contributed by atoms with Gasteiger partial charge in [0.15, 0.2) is 0 Å². The van der Waals surface area contributed by atoms with Gasteiger partial charge in [0, 0.05) is 18.3 Å². The van der Waals surface area contributed by atoms with Crippen LogP contribution in [-0.2, 0) is 13.1 Å². The molecule has 0 aliphatic rings. The van der Waals surface area contributed by atoms with Gasteiger partial charge >= 0.3 is 0 Å². The largest absolute Gasteiger partial charge is 0.332 e. The number of aromatic nitrogens is 1. The number of hydrogen-bond acceptors (Lipinski definition) is 3. The summed E-state index contributed by atoms with van der Waals surface area (Å²) in [4.78, 5) is 9.92. The zero-order valence-corrected chi connectivity index (χ0v) is 6.93. The highest BCUT2D eigenvalue weighted by molar-refractivity contribution is 5.32. The Bertz CT molecular complexity index is 362. The number of nitrogens with two attached hydrogens (primary N) is 1. The second kappa shape index (κ2) is 3.74. The summed E-state index contributed by atoms with van der Waals surface area (Å²) >= 11 is 0. The third-order valence-electron chi connectivity index (χ3n) is 1.65. The molecular weight excluding hydrogens is 170 g/mol. The Hall–Kier alpha value is -1.80. The van der Waals surface area contributed by atoms with E-state index in [-0.39, 0.29) is 12.2 Å². The van der Waals surface area contributed by atoms with Crippen LogP contribution in [-0.4, -0.2) is 9.49 Å². The summed E-state index contributed by atoms with van der Waals surface area (Å²) in [7, 11) is 0. The molecule has 0 aromatic carbocycles. The lowest BCUT2D eigenvalue weighted by Gasteiger charge is -1.99. The minimum absolute atomic E-state index is 0.0238. The van der Waals surface area contributed by atoms with Crippen LogP contribution in [0.2, 0.25) is 0 Å². The maximum atomic E-state index is 10.4. The van der Waals surface area contributed by atoms with Gasteiger partial charge in [-0.25, -0.2) is 0 Å². The van der Waals surface area contributed by atoms with Crippen LogP contribution in [0.4, 0.5) is 5.69 Å². The first-order chi connectivity index (χ1) is 6.19. The molecule has 5 nitrogen and oxygen atoms in total. The van der Waals surface area contributed by atoms with Crippen LogP contribution in [0.25, 0.3) is 0 Å². The zero-order chi connectivity index (χ0) is 9.84. The van der Waals surface area contributed by atoms with E-state index in [0.717, 1.165) is 0 Å². The van der Waals surface area contributed by atoms with Crippen molar-refractivity contribution in [3.8, 4) is 12.3 Å². The third-order valence-corrected chi connectivity index (χ3v) is 1.65. The van der Waals surface area contributed by atoms with E-state index in [0.29, 0.717) is 12.2 Å². The van der Waals surface area contributed by atoms with E-state index in [4.69, 9.17) is 12.2 Å². The van der Waals surface area contributed by atoms with Gasteiger partial charge < -0.3 is 10.3 Å². The Labute approximate surface area is 75.3 Å². The molecule has 5 heteroatoms. The second-order valence-electron chi connectivity index (χ2n) is 2.48. The molecule has 68 valence electrons. The van der Waals surface area contributed by atoms with Gasteiger partial charge in [0.05, 0.1) is 17.7 Å². The third kappa shape index (κ3) is 1.86. The van der Waals surface area contributed by atoms with E-state index in [1.54, 1.807) is 4.57 Å². The van der Waals surface area contributed by atoms with Crippen LogP contribution in [0.1, 0.15) is 5.69 Å². The van der Waals surface area contributed by atoms with E-state index in [2.05, 4.69) is 5.92 Å². The summed E-state index contributed by atoms with van der Waals surface area (Å²) < 4.78 is 1.60. The molecule has 13 heavy (non-hydrogen) atoms. The standard InChI is InChI=1S/C8H9N3O2/c1-2-3-10-6-8(11(12)13)4-7(10)5-9/h1,4,6H,3,5,9H2. The van der Waals surface area contributed by atoms with E-state index in [1.807, 2.05) is 0 Å². The lowest BCUT2D eigenvalue weighted by Crippen LogP contribution is -2.05. The average molecular weight is 179 g/mol.